The number of nitrogens with one attached hydrogen (secondary N) is 1. The van der Waals surface area contributed by atoms with E-state index >= 15 is 0 Å². The van der Waals surface area contributed by atoms with Gasteiger partial charge in [-0.1, -0.05) is 36.7 Å². The highest BCUT2D eigenvalue weighted by Gasteiger charge is 2.13. The van der Waals surface area contributed by atoms with Crippen LogP contribution in [0.5, 0.6) is 0 Å². The highest BCUT2D eigenvalue weighted by molar-refractivity contribution is 6.30. The van der Waals surface area contributed by atoms with Crippen molar-refractivity contribution in [1.82, 2.24) is 14.7 Å². The zero-order valence-corrected chi connectivity index (χ0v) is 15.0. The zero-order chi connectivity index (χ0) is 18.7. The Hall–Kier alpha value is -2.93. The molecule has 8 heteroatoms. The third-order valence-electron chi connectivity index (χ3n) is 3.61. The van der Waals surface area contributed by atoms with Crippen molar-refractivity contribution in [2.45, 2.75) is 26.3 Å². The molecule has 0 aliphatic heterocycles. The molecule has 0 unspecified atom stereocenters. The Morgan fingerprint density at radius 2 is 2.12 bits per heavy atom. The van der Waals surface area contributed by atoms with Crippen molar-refractivity contribution < 1.29 is 9.32 Å². The highest BCUT2D eigenvalue weighted by Crippen LogP contribution is 2.19. The van der Waals surface area contributed by atoms with Gasteiger partial charge in [0.1, 0.15) is 6.54 Å². The number of carbonyl (C=O) groups excluding carboxylic acids is 1. The fraction of sp³-hybridized carbons (Fsp3) is 0.222. The first-order valence-electron chi connectivity index (χ1n) is 8.02. The molecular weight excluding hydrogens is 356 g/mol. The summed E-state index contributed by atoms with van der Waals surface area (Å²) in [4.78, 5) is 28.6. The van der Waals surface area contributed by atoms with Crippen molar-refractivity contribution in [3.8, 4) is 11.5 Å². The summed E-state index contributed by atoms with van der Waals surface area (Å²) < 4.78 is 6.52. The van der Waals surface area contributed by atoms with Crippen LogP contribution in [-0.4, -0.2) is 20.6 Å². The van der Waals surface area contributed by atoms with Gasteiger partial charge in [-0.25, -0.2) is 0 Å². The number of halogens is 1. The van der Waals surface area contributed by atoms with Crippen molar-refractivity contribution in [3.63, 3.8) is 0 Å². The quantitative estimate of drug-likeness (QED) is 0.742. The van der Waals surface area contributed by atoms with Crippen LogP contribution in [0.2, 0.25) is 5.02 Å². The number of nitrogens with zero attached hydrogens (tertiary/aromatic N) is 3. The molecule has 1 aromatic carbocycles. The molecule has 134 valence electrons. The van der Waals surface area contributed by atoms with Crippen LogP contribution in [-0.2, 0) is 11.3 Å². The molecule has 0 bridgehead atoms. The lowest BCUT2D eigenvalue weighted by Gasteiger charge is -2.08. The zero-order valence-electron chi connectivity index (χ0n) is 14.3. The normalized spacial score (nSPS) is 10.9. The molecule has 0 aliphatic carbocycles. The molecular formula is C18H17ClN4O3. The minimum Gasteiger partial charge on any atom is -0.334 e. The van der Waals surface area contributed by atoms with E-state index in [0.717, 1.165) is 0 Å². The summed E-state index contributed by atoms with van der Waals surface area (Å²) >= 11 is 5.90. The Bertz CT molecular complexity index is 994. The van der Waals surface area contributed by atoms with E-state index in [1.54, 1.807) is 30.3 Å². The predicted octanol–water partition coefficient (Wildman–Crippen LogP) is 3.31. The van der Waals surface area contributed by atoms with Crippen LogP contribution in [0.3, 0.4) is 0 Å². The number of hydrogen-bond donors (Lipinski definition) is 1. The SMILES string of the molecule is CC(C)c1noc(-c2ccc(=O)n(CC(=O)Nc3cccc(Cl)c3)c2)n1. The van der Waals surface area contributed by atoms with Crippen molar-refractivity contribution in [2.24, 2.45) is 0 Å². The van der Waals surface area contributed by atoms with Crippen LogP contribution in [0.4, 0.5) is 5.69 Å². The standard InChI is InChI=1S/C18H17ClN4O3/c1-11(2)17-21-18(26-22-17)12-6-7-16(25)23(9-12)10-15(24)20-14-5-3-4-13(19)8-14/h3-9,11H,10H2,1-2H3,(H,20,24). The van der Waals surface area contributed by atoms with Gasteiger partial charge in [-0.15, -0.1) is 0 Å². The number of pyridine rings is 1. The number of hydrogen-bond acceptors (Lipinski definition) is 5. The van der Waals surface area contributed by atoms with Gasteiger partial charge in [0.2, 0.25) is 5.91 Å². The van der Waals surface area contributed by atoms with E-state index < -0.39 is 0 Å². The van der Waals surface area contributed by atoms with E-state index in [0.29, 0.717) is 28.0 Å². The van der Waals surface area contributed by atoms with Gasteiger partial charge in [-0.2, -0.15) is 4.98 Å². The Balaban J connectivity index is 1.79. The lowest BCUT2D eigenvalue weighted by Crippen LogP contribution is -2.26. The van der Waals surface area contributed by atoms with Crippen LogP contribution in [0.15, 0.2) is 51.9 Å². The lowest BCUT2D eigenvalue weighted by atomic mass is 10.2. The number of amides is 1. The number of carbonyl (C=O) groups is 1. The summed E-state index contributed by atoms with van der Waals surface area (Å²) in [6, 6.07) is 9.74. The molecule has 3 rings (SSSR count). The van der Waals surface area contributed by atoms with Gasteiger partial charge in [0.05, 0.1) is 5.56 Å². The van der Waals surface area contributed by atoms with E-state index in [2.05, 4.69) is 15.5 Å². The van der Waals surface area contributed by atoms with E-state index in [1.807, 2.05) is 13.8 Å². The smallest absolute Gasteiger partial charge is 0.259 e. The minimum atomic E-state index is -0.347. The van der Waals surface area contributed by atoms with Crippen molar-refractivity contribution >= 4 is 23.2 Å². The third-order valence-corrected chi connectivity index (χ3v) is 3.85. The third kappa shape index (κ3) is 4.18. The second-order valence-corrected chi connectivity index (χ2v) is 6.49. The average molecular weight is 373 g/mol. The van der Waals surface area contributed by atoms with Gasteiger partial charge in [0.15, 0.2) is 5.82 Å². The van der Waals surface area contributed by atoms with Crippen LogP contribution < -0.4 is 10.9 Å². The summed E-state index contributed by atoms with van der Waals surface area (Å²) in [5.41, 5.74) is 0.823. The summed E-state index contributed by atoms with van der Waals surface area (Å²) in [6.07, 6.45) is 1.53. The Labute approximate surface area is 154 Å². The highest BCUT2D eigenvalue weighted by atomic mass is 35.5. The van der Waals surface area contributed by atoms with Crippen LogP contribution >= 0.6 is 11.6 Å². The average Bonchev–Trinajstić information content (AvgIpc) is 3.07. The number of aromatic nitrogens is 3. The van der Waals surface area contributed by atoms with Gasteiger partial charge in [0, 0.05) is 28.9 Å². The molecule has 0 aliphatic rings. The molecule has 1 amide bonds. The molecule has 0 atom stereocenters. The van der Waals surface area contributed by atoms with Crippen molar-refractivity contribution in [2.75, 3.05) is 5.32 Å². The molecule has 1 N–H and O–H groups in total. The van der Waals surface area contributed by atoms with E-state index in [1.165, 1.54) is 16.8 Å². The van der Waals surface area contributed by atoms with Crippen molar-refractivity contribution in [3.05, 3.63) is 63.8 Å². The molecule has 2 aromatic heterocycles. The molecule has 3 aromatic rings. The minimum absolute atomic E-state index is 0.127. The van der Waals surface area contributed by atoms with Crippen LogP contribution in [0.1, 0.15) is 25.6 Å². The lowest BCUT2D eigenvalue weighted by molar-refractivity contribution is -0.116. The maximum Gasteiger partial charge on any atom is 0.259 e. The fourth-order valence-corrected chi connectivity index (χ4v) is 2.48. The first-order chi connectivity index (χ1) is 12.4. The molecule has 26 heavy (non-hydrogen) atoms. The van der Waals surface area contributed by atoms with Gasteiger partial charge >= 0.3 is 0 Å². The van der Waals surface area contributed by atoms with Crippen molar-refractivity contribution in [1.29, 1.82) is 0 Å². The van der Waals surface area contributed by atoms with Gasteiger partial charge < -0.3 is 14.4 Å². The van der Waals surface area contributed by atoms with E-state index in [4.69, 9.17) is 16.1 Å². The van der Waals surface area contributed by atoms with E-state index in [9.17, 15) is 9.59 Å². The fourth-order valence-electron chi connectivity index (χ4n) is 2.29. The summed E-state index contributed by atoms with van der Waals surface area (Å²) in [7, 11) is 0. The van der Waals surface area contributed by atoms with Gasteiger partial charge in [-0.3, -0.25) is 9.59 Å². The second-order valence-electron chi connectivity index (χ2n) is 6.05. The maximum absolute atomic E-state index is 12.2. The second kappa shape index (κ2) is 7.53. The predicted molar refractivity (Wildman–Crippen MR) is 98.2 cm³/mol. The largest absolute Gasteiger partial charge is 0.334 e. The monoisotopic (exact) mass is 372 g/mol. The van der Waals surface area contributed by atoms with Crippen LogP contribution in [0, 0.1) is 0 Å². The van der Waals surface area contributed by atoms with Gasteiger partial charge in [-0.05, 0) is 24.3 Å². The Morgan fingerprint density at radius 3 is 2.81 bits per heavy atom. The molecule has 7 nitrogen and oxygen atoms in total. The maximum atomic E-state index is 12.2. The first-order valence-corrected chi connectivity index (χ1v) is 8.40. The van der Waals surface area contributed by atoms with Crippen LogP contribution in [0.25, 0.3) is 11.5 Å². The molecule has 0 radical (unpaired) electrons. The summed E-state index contributed by atoms with van der Waals surface area (Å²) in [5, 5.41) is 7.12. The Kier molecular flexibility index (Phi) is 5.18. The van der Waals surface area contributed by atoms with E-state index in [-0.39, 0.29) is 23.9 Å². The number of anilines is 1. The van der Waals surface area contributed by atoms with Gasteiger partial charge in [0.25, 0.3) is 11.4 Å². The molecule has 0 saturated heterocycles. The molecule has 2 heterocycles. The molecule has 0 spiro atoms. The summed E-state index contributed by atoms with van der Waals surface area (Å²) in [6.45, 7) is 3.76. The Morgan fingerprint density at radius 1 is 1.31 bits per heavy atom. The summed E-state index contributed by atoms with van der Waals surface area (Å²) in [5.74, 6) is 0.663. The molecule has 0 saturated carbocycles. The topological polar surface area (TPSA) is 90.0 Å². The molecule has 0 fully saturated rings. The number of rotatable bonds is 5. The first kappa shape index (κ1) is 17.9. The number of benzene rings is 1.